The smallest absolute Gasteiger partial charge is 0.332 e. The van der Waals surface area contributed by atoms with E-state index in [4.69, 9.17) is 0 Å². The average molecular weight is 297 g/mol. The Balaban J connectivity index is 2.11. The van der Waals surface area contributed by atoms with Crippen LogP contribution in [0.1, 0.15) is 5.56 Å². The summed E-state index contributed by atoms with van der Waals surface area (Å²) in [4.78, 5) is 24.3. The van der Waals surface area contributed by atoms with Crippen LogP contribution in [0, 0.1) is 0 Å². The summed E-state index contributed by atoms with van der Waals surface area (Å²) in [6.07, 6.45) is 1.50. The first-order valence-electron chi connectivity index (χ1n) is 6.79. The molecule has 0 unspecified atom stereocenters. The maximum Gasteiger partial charge on any atom is 0.332 e. The highest BCUT2D eigenvalue weighted by Gasteiger charge is 2.13. The summed E-state index contributed by atoms with van der Waals surface area (Å²) in [6.45, 7) is 0.549. The zero-order valence-electron chi connectivity index (χ0n) is 12.3. The van der Waals surface area contributed by atoms with Gasteiger partial charge in [-0.15, -0.1) is 5.10 Å². The maximum atomic E-state index is 12.4. The van der Waals surface area contributed by atoms with E-state index in [9.17, 15) is 9.59 Å². The van der Waals surface area contributed by atoms with E-state index in [0.717, 1.165) is 10.1 Å². The summed E-state index contributed by atoms with van der Waals surface area (Å²) in [5.74, 6) is 0. The molecular weight excluding hydrogens is 282 g/mol. The van der Waals surface area contributed by atoms with Crippen molar-refractivity contribution in [1.82, 2.24) is 19.3 Å². The largest absolute Gasteiger partial charge is 0.379 e. The third kappa shape index (κ3) is 2.26. The molecule has 0 aliphatic heterocycles. The van der Waals surface area contributed by atoms with E-state index in [-0.39, 0.29) is 11.2 Å². The van der Waals surface area contributed by atoms with Gasteiger partial charge in [0.25, 0.3) is 5.56 Å². The lowest BCUT2D eigenvalue weighted by Crippen LogP contribution is -2.37. The van der Waals surface area contributed by atoms with Gasteiger partial charge in [0.1, 0.15) is 5.39 Å². The zero-order chi connectivity index (χ0) is 15.7. The van der Waals surface area contributed by atoms with Crippen molar-refractivity contribution in [3.8, 4) is 0 Å². The van der Waals surface area contributed by atoms with Gasteiger partial charge in [-0.1, -0.05) is 30.3 Å². The number of nitrogens with zero attached hydrogens (tertiary/aromatic N) is 4. The monoisotopic (exact) mass is 297 g/mol. The number of hydrogen-bond acceptors (Lipinski definition) is 5. The first kappa shape index (κ1) is 14.0. The van der Waals surface area contributed by atoms with Gasteiger partial charge in [-0.2, -0.15) is 5.10 Å². The number of fused-ring (bicyclic) bond motifs is 1. The lowest BCUT2D eigenvalue weighted by atomic mass is 10.2. The summed E-state index contributed by atoms with van der Waals surface area (Å²) >= 11 is 0. The second kappa shape index (κ2) is 5.44. The molecular formula is C15H15N5O2. The van der Waals surface area contributed by atoms with Gasteiger partial charge < -0.3 is 5.32 Å². The molecule has 0 aliphatic rings. The van der Waals surface area contributed by atoms with Crippen molar-refractivity contribution in [2.24, 2.45) is 14.1 Å². The van der Waals surface area contributed by atoms with Gasteiger partial charge in [0.2, 0.25) is 0 Å². The molecule has 0 bridgehead atoms. The Morgan fingerprint density at radius 1 is 1.09 bits per heavy atom. The number of aromatic nitrogens is 4. The van der Waals surface area contributed by atoms with Crippen LogP contribution >= 0.6 is 0 Å². The number of aryl methyl sites for hydroxylation is 1. The van der Waals surface area contributed by atoms with E-state index in [1.807, 2.05) is 30.3 Å². The van der Waals surface area contributed by atoms with Crippen LogP contribution < -0.4 is 16.6 Å². The lowest BCUT2D eigenvalue weighted by Gasteiger charge is -2.11. The first-order chi connectivity index (χ1) is 10.6. The maximum absolute atomic E-state index is 12.4. The van der Waals surface area contributed by atoms with Crippen molar-refractivity contribution in [3.63, 3.8) is 0 Å². The molecule has 1 aromatic carbocycles. The van der Waals surface area contributed by atoms with Crippen LogP contribution in [0.2, 0.25) is 0 Å². The predicted molar refractivity (Wildman–Crippen MR) is 83.8 cm³/mol. The Bertz CT molecular complexity index is 944. The van der Waals surface area contributed by atoms with Crippen LogP contribution in [0.4, 0.5) is 5.69 Å². The highest BCUT2D eigenvalue weighted by atomic mass is 16.2. The van der Waals surface area contributed by atoms with Crippen LogP contribution in [-0.2, 0) is 20.6 Å². The van der Waals surface area contributed by atoms with E-state index in [1.54, 1.807) is 7.05 Å². The van der Waals surface area contributed by atoms with E-state index in [1.165, 1.54) is 17.8 Å². The minimum atomic E-state index is -0.424. The van der Waals surface area contributed by atoms with E-state index in [2.05, 4.69) is 15.5 Å². The van der Waals surface area contributed by atoms with Crippen molar-refractivity contribution in [3.05, 3.63) is 62.9 Å². The van der Waals surface area contributed by atoms with Gasteiger partial charge >= 0.3 is 5.69 Å². The summed E-state index contributed by atoms with van der Waals surface area (Å²) < 4.78 is 2.38. The summed E-state index contributed by atoms with van der Waals surface area (Å²) in [5, 5.41) is 11.3. The highest BCUT2D eigenvalue weighted by molar-refractivity contribution is 5.87. The molecule has 0 aliphatic carbocycles. The summed E-state index contributed by atoms with van der Waals surface area (Å²) in [6, 6.07) is 9.80. The fraction of sp³-hybridized carbons (Fsp3) is 0.200. The Labute approximate surface area is 125 Å². The fourth-order valence-corrected chi connectivity index (χ4v) is 2.32. The number of nitrogens with one attached hydrogen (secondary N) is 1. The number of hydrogen-bond donors (Lipinski definition) is 1. The molecule has 0 fully saturated rings. The molecule has 7 heteroatoms. The Morgan fingerprint density at radius 3 is 2.55 bits per heavy atom. The van der Waals surface area contributed by atoms with Crippen LogP contribution in [0.5, 0.6) is 0 Å². The molecule has 2 heterocycles. The molecule has 0 atom stereocenters. The molecule has 1 N–H and O–H groups in total. The van der Waals surface area contributed by atoms with E-state index in [0.29, 0.717) is 17.6 Å². The van der Waals surface area contributed by atoms with Gasteiger partial charge in [-0.25, -0.2) is 4.79 Å². The van der Waals surface area contributed by atoms with Crippen LogP contribution in [0.3, 0.4) is 0 Å². The zero-order valence-corrected chi connectivity index (χ0v) is 12.3. The van der Waals surface area contributed by atoms with Crippen LogP contribution in [-0.4, -0.2) is 19.3 Å². The van der Waals surface area contributed by atoms with E-state index >= 15 is 0 Å². The Morgan fingerprint density at radius 2 is 1.82 bits per heavy atom. The molecule has 112 valence electrons. The molecule has 7 nitrogen and oxygen atoms in total. The lowest BCUT2D eigenvalue weighted by molar-refractivity contribution is 0.703. The molecule has 22 heavy (non-hydrogen) atoms. The third-order valence-electron chi connectivity index (χ3n) is 3.57. The van der Waals surface area contributed by atoms with Gasteiger partial charge in [-0.05, 0) is 5.56 Å². The molecule has 0 amide bonds. The van der Waals surface area contributed by atoms with Crippen molar-refractivity contribution in [1.29, 1.82) is 0 Å². The molecule has 0 spiro atoms. The Kier molecular flexibility index (Phi) is 3.46. The standard InChI is InChI=1S/C15H15N5O2/c1-19-13-12(14(21)20(2)15(19)22)11(9-17-18-13)16-8-10-6-4-3-5-7-10/h3-7,9H,8H2,1-2H3,(H,16,18). The SMILES string of the molecule is Cn1c(=O)c2c(NCc3ccccc3)cnnc2n(C)c1=O. The second-order valence-corrected chi connectivity index (χ2v) is 5.00. The van der Waals surface area contributed by atoms with Crippen LogP contribution in [0.25, 0.3) is 11.0 Å². The molecule has 0 saturated carbocycles. The normalized spacial score (nSPS) is 10.8. The van der Waals surface area contributed by atoms with Crippen LogP contribution in [0.15, 0.2) is 46.1 Å². The Hall–Kier alpha value is -2.96. The molecule has 0 radical (unpaired) electrons. The topological polar surface area (TPSA) is 81.8 Å². The minimum Gasteiger partial charge on any atom is -0.379 e. The second-order valence-electron chi connectivity index (χ2n) is 5.00. The van der Waals surface area contributed by atoms with Gasteiger partial charge in [0, 0.05) is 20.6 Å². The van der Waals surface area contributed by atoms with Crippen molar-refractivity contribution in [2.45, 2.75) is 6.54 Å². The van der Waals surface area contributed by atoms with Gasteiger partial charge in [-0.3, -0.25) is 13.9 Å². The molecule has 3 aromatic rings. The number of rotatable bonds is 3. The fourth-order valence-electron chi connectivity index (χ4n) is 2.32. The summed E-state index contributed by atoms with van der Waals surface area (Å²) in [7, 11) is 3.02. The quantitative estimate of drug-likeness (QED) is 0.767. The van der Waals surface area contributed by atoms with Crippen molar-refractivity contribution in [2.75, 3.05) is 5.32 Å². The van der Waals surface area contributed by atoms with Crippen molar-refractivity contribution < 1.29 is 0 Å². The van der Waals surface area contributed by atoms with Gasteiger partial charge in [0.15, 0.2) is 5.65 Å². The average Bonchev–Trinajstić information content (AvgIpc) is 2.56. The molecule has 2 aromatic heterocycles. The summed E-state index contributed by atoms with van der Waals surface area (Å²) in [5.41, 5.74) is 1.10. The highest BCUT2D eigenvalue weighted by Crippen LogP contribution is 2.16. The number of anilines is 1. The predicted octanol–water partition coefficient (Wildman–Crippen LogP) is 0.639. The van der Waals surface area contributed by atoms with Gasteiger partial charge in [0.05, 0.1) is 11.9 Å². The molecule has 3 rings (SSSR count). The first-order valence-corrected chi connectivity index (χ1v) is 6.79. The van der Waals surface area contributed by atoms with E-state index < -0.39 is 5.69 Å². The third-order valence-corrected chi connectivity index (χ3v) is 3.57. The number of benzene rings is 1. The minimum absolute atomic E-state index is 0.270. The van der Waals surface area contributed by atoms with Crippen molar-refractivity contribution >= 4 is 16.7 Å². The molecule has 0 saturated heterocycles.